The largest absolute Gasteiger partial charge is 0.123 e. The highest BCUT2D eigenvalue weighted by molar-refractivity contribution is 6.20. The van der Waals surface area contributed by atoms with Gasteiger partial charge in [-0.1, -0.05) is 123 Å². The van der Waals surface area contributed by atoms with E-state index in [1.807, 2.05) is 0 Å². The van der Waals surface area contributed by atoms with Gasteiger partial charge in [-0.3, -0.25) is 0 Å². The van der Waals surface area contributed by atoms with Crippen molar-refractivity contribution >= 4 is 11.6 Å². The fourth-order valence-corrected chi connectivity index (χ4v) is 3.62. The molecule has 0 aliphatic rings. The van der Waals surface area contributed by atoms with Gasteiger partial charge in [-0.05, 0) is 12.8 Å². The van der Waals surface area contributed by atoms with Gasteiger partial charge in [0.2, 0.25) is 0 Å². The molecule has 0 amide bonds. The minimum Gasteiger partial charge on any atom is -0.123 e. The Bertz CT molecular complexity index is 202. The van der Waals surface area contributed by atoms with Crippen LogP contribution in [0.3, 0.4) is 0 Å². The average molecular weight is 345 g/mol. The summed E-state index contributed by atoms with van der Waals surface area (Å²) in [5, 5.41) is 0.442. The molecule has 0 saturated heterocycles. The van der Waals surface area contributed by atoms with Gasteiger partial charge in [0.1, 0.15) is 0 Å². The molecule has 0 radical (unpaired) electrons. The summed E-state index contributed by atoms with van der Waals surface area (Å²) in [5.74, 6) is 0. The molecule has 0 nitrogen and oxygen atoms in total. The first kappa shape index (κ1) is 23.3. The van der Waals surface area contributed by atoms with Crippen molar-refractivity contribution in [3.63, 3.8) is 0 Å². The van der Waals surface area contributed by atoms with E-state index in [2.05, 4.69) is 13.8 Å². The summed E-state index contributed by atoms with van der Waals surface area (Å²) >= 11 is 6.32. The number of alkyl halides is 1. The molecule has 1 heteroatoms. The van der Waals surface area contributed by atoms with E-state index in [1.54, 1.807) is 0 Å². The van der Waals surface area contributed by atoms with Gasteiger partial charge in [0.05, 0.1) is 0 Å². The van der Waals surface area contributed by atoms with E-state index < -0.39 is 0 Å². The standard InChI is InChI=1S/C22H45Cl/c1-3-5-7-8-9-10-11-12-13-14-15-16-17-18-19-21-22(23)20-6-4-2/h22H,3-21H2,1-2H3. The lowest BCUT2D eigenvalue weighted by Gasteiger charge is -2.08. The van der Waals surface area contributed by atoms with Crippen molar-refractivity contribution in [2.75, 3.05) is 0 Å². The van der Waals surface area contributed by atoms with Crippen LogP contribution in [-0.2, 0) is 0 Å². The van der Waals surface area contributed by atoms with Crippen molar-refractivity contribution in [3.05, 3.63) is 0 Å². The van der Waals surface area contributed by atoms with Crippen molar-refractivity contribution in [1.29, 1.82) is 0 Å². The molecule has 1 atom stereocenters. The second-order valence-corrected chi connectivity index (χ2v) is 8.10. The first-order chi connectivity index (χ1) is 11.3. The molecule has 0 heterocycles. The minimum atomic E-state index is 0.442. The molecule has 0 rings (SSSR count). The van der Waals surface area contributed by atoms with Gasteiger partial charge in [-0.25, -0.2) is 0 Å². The van der Waals surface area contributed by atoms with E-state index in [9.17, 15) is 0 Å². The third-order valence-corrected chi connectivity index (χ3v) is 5.43. The number of rotatable bonds is 19. The van der Waals surface area contributed by atoms with Gasteiger partial charge < -0.3 is 0 Å². The van der Waals surface area contributed by atoms with Crippen LogP contribution in [0.5, 0.6) is 0 Å². The maximum Gasteiger partial charge on any atom is 0.0336 e. The number of halogens is 1. The molecule has 0 aromatic carbocycles. The topological polar surface area (TPSA) is 0 Å². The Labute approximate surface area is 153 Å². The third kappa shape index (κ3) is 20.2. The van der Waals surface area contributed by atoms with Gasteiger partial charge in [0.15, 0.2) is 0 Å². The van der Waals surface area contributed by atoms with Crippen molar-refractivity contribution < 1.29 is 0 Å². The van der Waals surface area contributed by atoms with Crippen LogP contribution in [0, 0.1) is 0 Å². The lowest BCUT2D eigenvalue weighted by molar-refractivity contribution is 0.524. The summed E-state index contributed by atoms with van der Waals surface area (Å²) in [7, 11) is 0. The first-order valence-electron chi connectivity index (χ1n) is 10.9. The molecule has 0 bridgehead atoms. The van der Waals surface area contributed by atoms with E-state index in [0.717, 1.165) is 0 Å². The van der Waals surface area contributed by atoms with Crippen molar-refractivity contribution in [2.45, 2.75) is 141 Å². The van der Waals surface area contributed by atoms with Gasteiger partial charge in [0.25, 0.3) is 0 Å². The van der Waals surface area contributed by atoms with Crippen LogP contribution in [0.4, 0.5) is 0 Å². The lowest BCUT2D eigenvalue weighted by Crippen LogP contribution is -1.97. The normalized spacial score (nSPS) is 12.7. The second-order valence-electron chi connectivity index (χ2n) is 7.48. The molecule has 0 aliphatic carbocycles. The Morgan fingerprint density at radius 1 is 0.435 bits per heavy atom. The summed E-state index contributed by atoms with van der Waals surface area (Å²) in [6.45, 7) is 4.54. The molecule has 23 heavy (non-hydrogen) atoms. The highest BCUT2D eigenvalue weighted by Gasteiger charge is 2.03. The minimum absolute atomic E-state index is 0.442. The molecule has 0 aromatic rings. The van der Waals surface area contributed by atoms with E-state index in [1.165, 1.54) is 122 Å². The molecule has 0 saturated carbocycles. The summed E-state index contributed by atoms with van der Waals surface area (Å²) in [4.78, 5) is 0. The Kier molecular flexibility index (Phi) is 20.6. The van der Waals surface area contributed by atoms with Crippen molar-refractivity contribution in [1.82, 2.24) is 0 Å². The Morgan fingerprint density at radius 3 is 1.13 bits per heavy atom. The van der Waals surface area contributed by atoms with Crippen molar-refractivity contribution in [2.24, 2.45) is 0 Å². The van der Waals surface area contributed by atoms with Crippen LogP contribution in [0.2, 0.25) is 0 Å². The quantitative estimate of drug-likeness (QED) is 0.162. The smallest absolute Gasteiger partial charge is 0.0336 e. The summed E-state index contributed by atoms with van der Waals surface area (Å²) in [6, 6.07) is 0. The molecule has 1 unspecified atom stereocenters. The van der Waals surface area contributed by atoms with Gasteiger partial charge in [-0.2, -0.15) is 0 Å². The van der Waals surface area contributed by atoms with Crippen LogP contribution < -0.4 is 0 Å². The van der Waals surface area contributed by atoms with Crippen LogP contribution >= 0.6 is 11.6 Å². The van der Waals surface area contributed by atoms with E-state index >= 15 is 0 Å². The number of hydrogen-bond donors (Lipinski definition) is 0. The van der Waals surface area contributed by atoms with E-state index in [0.29, 0.717) is 5.38 Å². The highest BCUT2D eigenvalue weighted by Crippen LogP contribution is 2.17. The molecular formula is C22H45Cl. The SMILES string of the molecule is CCCCCCCCCCCCCCCCCC(Cl)CCCC. The fraction of sp³-hybridized carbons (Fsp3) is 1.00. The Balaban J connectivity index is 3.02. The van der Waals surface area contributed by atoms with Crippen molar-refractivity contribution in [3.8, 4) is 0 Å². The van der Waals surface area contributed by atoms with Gasteiger partial charge >= 0.3 is 0 Å². The molecular weight excluding hydrogens is 300 g/mol. The van der Waals surface area contributed by atoms with Crippen LogP contribution in [-0.4, -0.2) is 5.38 Å². The first-order valence-corrected chi connectivity index (χ1v) is 11.4. The third-order valence-electron chi connectivity index (χ3n) is 4.99. The zero-order valence-electron chi connectivity index (χ0n) is 16.4. The average Bonchev–Trinajstić information content (AvgIpc) is 2.56. The maximum atomic E-state index is 6.32. The number of hydrogen-bond acceptors (Lipinski definition) is 0. The molecule has 140 valence electrons. The zero-order valence-corrected chi connectivity index (χ0v) is 17.1. The summed E-state index contributed by atoms with van der Waals surface area (Å²) in [5.41, 5.74) is 0. The zero-order chi connectivity index (χ0) is 17.0. The second kappa shape index (κ2) is 20.3. The molecule has 0 spiro atoms. The predicted octanol–water partition coefficient (Wildman–Crippen LogP) is 9.05. The summed E-state index contributed by atoms with van der Waals surface area (Å²) in [6.07, 6.45) is 26.6. The molecule has 0 aliphatic heterocycles. The monoisotopic (exact) mass is 344 g/mol. The number of unbranched alkanes of at least 4 members (excludes halogenated alkanes) is 15. The fourth-order valence-electron chi connectivity index (χ4n) is 3.31. The lowest BCUT2D eigenvalue weighted by atomic mass is 10.0. The molecule has 0 aromatic heterocycles. The molecule has 0 N–H and O–H groups in total. The maximum absolute atomic E-state index is 6.32. The van der Waals surface area contributed by atoms with Gasteiger partial charge in [-0.15, -0.1) is 11.6 Å². The van der Waals surface area contributed by atoms with Crippen LogP contribution in [0.25, 0.3) is 0 Å². The van der Waals surface area contributed by atoms with Gasteiger partial charge in [0, 0.05) is 5.38 Å². The Hall–Kier alpha value is 0.290. The Morgan fingerprint density at radius 2 is 0.739 bits per heavy atom. The predicted molar refractivity (Wildman–Crippen MR) is 109 cm³/mol. The van der Waals surface area contributed by atoms with Crippen LogP contribution in [0.1, 0.15) is 136 Å². The highest BCUT2D eigenvalue weighted by atomic mass is 35.5. The van der Waals surface area contributed by atoms with E-state index in [-0.39, 0.29) is 0 Å². The summed E-state index contributed by atoms with van der Waals surface area (Å²) < 4.78 is 0. The van der Waals surface area contributed by atoms with Crippen LogP contribution in [0.15, 0.2) is 0 Å². The molecule has 0 fully saturated rings. The van der Waals surface area contributed by atoms with E-state index in [4.69, 9.17) is 11.6 Å².